The number of nitrogens with zero attached hydrogens (tertiary/aromatic N) is 1. The van der Waals surface area contributed by atoms with Gasteiger partial charge in [-0.25, -0.2) is 9.59 Å². The number of carbonyl (C=O) groups excluding carboxylic acids is 2. The Morgan fingerprint density at radius 2 is 1.70 bits per heavy atom. The minimum atomic E-state index is -1.05. The molecule has 0 unspecified atom stereocenters. The molecule has 3 rings (SSSR count). The third-order valence-corrected chi connectivity index (χ3v) is 5.76. The second-order valence-electron chi connectivity index (χ2n) is 7.25. The van der Waals surface area contributed by atoms with E-state index >= 15 is 0 Å². The van der Waals surface area contributed by atoms with Crippen LogP contribution in [0.5, 0.6) is 0 Å². The smallest absolute Gasteiger partial charge is 0.338 e. The van der Waals surface area contributed by atoms with Gasteiger partial charge < -0.3 is 25.6 Å². The van der Waals surface area contributed by atoms with Gasteiger partial charge in [0.2, 0.25) is 5.91 Å². The van der Waals surface area contributed by atoms with E-state index in [4.69, 9.17) is 20.7 Å². The minimum Gasteiger partial charge on any atom is -0.480 e. The molecule has 0 aromatic heterocycles. The maximum atomic E-state index is 11.9. The van der Waals surface area contributed by atoms with Crippen molar-refractivity contribution in [2.45, 2.75) is 32.0 Å². The number of amides is 1. The van der Waals surface area contributed by atoms with Crippen LogP contribution in [0.3, 0.4) is 0 Å². The van der Waals surface area contributed by atoms with Crippen molar-refractivity contribution in [2.24, 2.45) is 5.73 Å². The zero-order valence-corrected chi connectivity index (χ0v) is 18.9. The van der Waals surface area contributed by atoms with Crippen molar-refractivity contribution < 1.29 is 34.1 Å². The molecule has 9 nitrogen and oxygen atoms in total. The molecule has 2 aromatic rings. The molecular formula is C23H26N2O7S. The zero-order chi connectivity index (χ0) is 24.4. The number of carboxylic acids is 2. The van der Waals surface area contributed by atoms with Crippen LogP contribution in [-0.2, 0) is 32.1 Å². The van der Waals surface area contributed by atoms with Crippen LogP contribution in [0.15, 0.2) is 54.6 Å². The molecule has 1 aliphatic rings. The molecule has 176 valence electrons. The number of hydrogen-bond acceptors (Lipinski definition) is 7. The van der Waals surface area contributed by atoms with Crippen LogP contribution in [0.25, 0.3) is 0 Å². The molecule has 1 aliphatic heterocycles. The number of nitrogens with two attached hydrogens (primary N) is 1. The van der Waals surface area contributed by atoms with Gasteiger partial charge in [0.05, 0.1) is 11.4 Å². The first-order chi connectivity index (χ1) is 15.7. The van der Waals surface area contributed by atoms with Gasteiger partial charge in [0.25, 0.3) is 0 Å². The van der Waals surface area contributed by atoms with Gasteiger partial charge in [-0.3, -0.25) is 9.59 Å². The van der Waals surface area contributed by atoms with Crippen LogP contribution in [-0.4, -0.2) is 62.6 Å². The number of rotatable bonds is 7. The summed E-state index contributed by atoms with van der Waals surface area (Å²) in [7, 11) is 0. The lowest BCUT2D eigenvalue weighted by atomic mass is 10.0. The molecule has 0 aliphatic carbocycles. The second kappa shape index (κ2) is 12.6. The summed E-state index contributed by atoms with van der Waals surface area (Å²) in [6.07, 6.45) is 0.217. The molecule has 33 heavy (non-hydrogen) atoms. The molecule has 10 heteroatoms. The van der Waals surface area contributed by atoms with E-state index in [0.717, 1.165) is 11.1 Å². The molecule has 0 bridgehead atoms. The minimum absolute atomic E-state index is 0.164. The predicted octanol–water partition coefficient (Wildman–Crippen LogP) is 1.99. The first-order valence-electron chi connectivity index (χ1n) is 10.0. The van der Waals surface area contributed by atoms with E-state index in [1.165, 1.54) is 23.6 Å². The van der Waals surface area contributed by atoms with Crippen molar-refractivity contribution in [1.29, 1.82) is 0 Å². The quantitative estimate of drug-likeness (QED) is 0.512. The molecule has 1 heterocycles. The third kappa shape index (κ3) is 8.24. The molecule has 0 saturated carbocycles. The fourth-order valence-corrected chi connectivity index (χ4v) is 4.09. The summed E-state index contributed by atoms with van der Waals surface area (Å²) in [5, 5.41) is 17.4. The van der Waals surface area contributed by atoms with Gasteiger partial charge in [0, 0.05) is 12.7 Å². The monoisotopic (exact) mass is 474 g/mol. The van der Waals surface area contributed by atoms with E-state index < -0.39 is 30.0 Å². The van der Waals surface area contributed by atoms with Crippen LogP contribution < -0.4 is 5.73 Å². The maximum absolute atomic E-state index is 11.9. The number of hydrogen-bond donors (Lipinski definition) is 3. The standard InChI is InChI=1S/C17H17NO4.C6H9NO3S/c18-15(16(19)20)10-12-6-8-14(9-7-12)17(21)22-11-13-4-2-1-3-5-13;1-4(8)7-3-11-2-5(7)6(9)10/h1-9,15H,10-11,18H2,(H,19,20);5H,2-3H2,1H3,(H,9,10)/t15-;5-/m01/s1. The third-order valence-electron chi connectivity index (χ3n) is 4.75. The lowest BCUT2D eigenvalue weighted by molar-refractivity contribution is -0.147. The average Bonchev–Trinajstić information content (AvgIpc) is 3.30. The Morgan fingerprint density at radius 1 is 1.06 bits per heavy atom. The molecule has 2 aromatic carbocycles. The molecule has 4 N–H and O–H groups in total. The van der Waals surface area contributed by atoms with Crippen molar-refractivity contribution in [3.8, 4) is 0 Å². The summed E-state index contributed by atoms with van der Waals surface area (Å²) in [5.41, 5.74) is 7.56. The highest BCUT2D eigenvalue weighted by atomic mass is 32.2. The highest BCUT2D eigenvalue weighted by Gasteiger charge is 2.32. The Labute approximate surface area is 195 Å². The number of thioether (sulfide) groups is 1. The zero-order valence-electron chi connectivity index (χ0n) is 18.0. The summed E-state index contributed by atoms with van der Waals surface area (Å²) in [6, 6.07) is 14.4. The lowest BCUT2D eigenvalue weighted by Crippen LogP contribution is -2.40. The largest absolute Gasteiger partial charge is 0.480 e. The number of carboxylic acid groups (broad SMARTS) is 2. The molecule has 1 saturated heterocycles. The Kier molecular flexibility index (Phi) is 9.89. The fraction of sp³-hybridized carbons (Fsp3) is 0.304. The Hall–Kier alpha value is -3.37. The van der Waals surface area contributed by atoms with Crippen LogP contribution in [0.1, 0.15) is 28.4 Å². The SMILES string of the molecule is CC(=O)N1CSC[C@@H]1C(=O)O.N[C@@H](Cc1ccc(C(=O)OCc2ccccc2)cc1)C(=O)O. The van der Waals surface area contributed by atoms with E-state index in [9.17, 15) is 19.2 Å². The van der Waals surface area contributed by atoms with Crippen molar-refractivity contribution in [3.63, 3.8) is 0 Å². The lowest BCUT2D eigenvalue weighted by Gasteiger charge is -2.17. The topological polar surface area (TPSA) is 147 Å². The van der Waals surface area contributed by atoms with Gasteiger partial charge in [0.15, 0.2) is 0 Å². The second-order valence-corrected chi connectivity index (χ2v) is 8.25. The van der Waals surface area contributed by atoms with E-state index in [0.29, 0.717) is 17.2 Å². The van der Waals surface area contributed by atoms with Gasteiger partial charge in [-0.2, -0.15) is 0 Å². The van der Waals surface area contributed by atoms with E-state index in [1.807, 2.05) is 30.3 Å². The van der Waals surface area contributed by atoms with Gasteiger partial charge in [0.1, 0.15) is 18.7 Å². The average molecular weight is 475 g/mol. The van der Waals surface area contributed by atoms with Crippen molar-refractivity contribution in [3.05, 3.63) is 71.3 Å². The summed E-state index contributed by atoms with van der Waals surface area (Å²) >= 11 is 1.47. The Bertz CT molecular complexity index is 947. The van der Waals surface area contributed by atoms with E-state index in [-0.39, 0.29) is 18.9 Å². The predicted molar refractivity (Wildman–Crippen MR) is 123 cm³/mol. The number of aliphatic carboxylic acids is 2. The number of carbonyl (C=O) groups is 4. The first-order valence-corrected chi connectivity index (χ1v) is 11.2. The molecule has 1 fully saturated rings. The summed E-state index contributed by atoms with van der Waals surface area (Å²) in [4.78, 5) is 45.3. The Balaban J connectivity index is 0.000000294. The van der Waals surface area contributed by atoms with Gasteiger partial charge in [-0.1, -0.05) is 42.5 Å². The Morgan fingerprint density at radius 3 is 2.21 bits per heavy atom. The van der Waals surface area contributed by atoms with Crippen LogP contribution in [0.4, 0.5) is 0 Å². The molecule has 1 amide bonds. The normalized spacial score (nSPS) is 15.7. The van der Waals surface area contributed by atoms with E-state index in [2.05, 4.69) is 0 Å². The summed E-state index contributed by atoms with van der Waals surface area (Å²) in [6.45, 7) is 1.60. The summed E-state index contributed by atoms with van der Waals surface area (Å²) in [5.74, 6) is -1.53. The van der Waals surface area contributed by atoms with Gasteiger partial charge in [-0.15, -0.1) is 11.8 Å². The number of benzene rings is 2. The maximum Gasteiger partial charge on any atom is 0.338 e. The van der Waals surface area contributed by atoms with Gasteiger partial charge in [-0.05, 0) is 29.7 Å². The van der Waals surface area contributed by atoms with Crippen molar-refractivity contribution in [2.75, 3.05) is 11.6 Å². The molecular weight excluding hydrogens is 448 g/mol. The van der Waals surface area contributed by atoms with Crippen molar-refractivity contribution in [1.82, 2.24) is 4.90 Å². The number of ether oxygens (including phenoxy) is 1. The number of esters is 1. The molecule has 2 atom stereocenters. The highest BCUT2D eigenvalue weighted by Crippen LogP contribution is 2.20. The molecule has 0 radical (unpaired) electrons. The molecule has 0 spiro atoms. The van der Waals surface area contributed by atoms with Crippen LogP contribution in [0.2, 0.25) is 0 Å². The van der Waals surface area contributed by atoms with Crippen molar-refractivity contribution >= 4 is 35.6 Å². The first kappa shape index (κ1) is 25.9. The summed E-state index contributed by atoms with van der Waals surface area (Å²) < 4.78 is 5.22. The van der Waals surface area contributed by atoms with Crippen LogP contribution >= 0.6 is 11.8 Å². The van der Waals surface area contributed by atoms with E-state index in [1.54, 1.807) is 24.3 Å². The van der Waals surface area contributed by atoms with Crippen LogP contribution in [0, 0.1) is 0 Å². The van der Waals surface area contributed by atoms with Gasteiger partial charge >= 0.3 is 17.9 Å². The fourth-order valence-electron chi connectivity index (χ4n) is 2.88. The highest BCUT2D eigenvalue weighted by molar-refractivity contribution is 7.99.